The number of halogens is 1. The molecule has 1 amide bonds. The van der Waals surface area contributed by atoms with E-state index in [2.05, 4.69) is 19.2 Å². The van der Waals surface area contributed by atoms with E-state index < -0.39 is 0 Å². The van der Waals surface area contributed by atoms with Gasteiger partial charge in [0.25, 0.3) is 0 Å². The summed E-state index contributed by atoms with van der Waals surface area (Å²) in [5.41, 5.74) is 5.45. The lowest BCUT2D eigenvalue weighted by Gasteiger charge is -2.30. The van der Waals surface area contributed by atoms with Crippen LogP contribution in [0.15, 0.2) is 0 Å². The van der Waals surface area contributed by atoms with Gasteiger partial charge in [-0.1, -0.05) is 26.7 Å². The van der Waals surface area contributed by atoms with Crippen LogP contribution in [-0.4, -0.2) is 18.5 Å². The molecule has 0 unspecified atom stereocenters. The Bertz CT molecular complexity index is 238. The van der Waals surface area contributed by atoms with Gasteiger partial charge in [-0.15, -0.1) is 12.4 Å². The number of hydrogen-bond donors (Lipinski definition) is 2. The van der Waals surface area contributed by atoms with E-state index >= 15 is 0 Å². The van der Waals surface area contributed by atoms with Crippen LogP contribution in [-0.2, 0) is 4.79 Å². The molecule has 102 valence electrons. The zero-order valence-corrected chi connectivity index (χ0v) is 12.1. The van der Waals surface area contributed by atoms with Crippen LogP contribution in [0.1, 0.15) is 52.9 Å². The molecule has 0 saturated heterocycles. The Morgan fingerprint density at radius 1 is 1.29 bits per heavy atom. The van der Waals surface area contributed by atoms with Gasteiger partial charge in [-0.05, 0) is 32.1 Å². The predicted molar refractivity (Wildman–Crippen MR) is 74.3 cm³/mol. The molecule has 1 fully saturated rings. The first kappa shape index (κ1) is 16.7. The molecule has 0 heterocycles. The molecular formula is C13H27ClN2O. The van der Waals surface area contributed by atoms with Crippen molar-refractivity contribution in [3.8, 4) is 0 Å². The topological polar surface area (TPSA) is 55.1 Å². The van der Waals surface area contributed by atoms with Crippen molar-refractivity contribution in [2.24, 2.45) is 17.1 Å². The Hall–Kier alpha value is -0.280. The van der Waals surface area contributed by atoms with E-state index in [-0.39, 0.29) is 29.8 Å². The van der Waals surface area contributed by atoms with Crippen LogP contribution in [0.3, 0.4) is 0 Å². The van der Waals surface area contributed by atoms with Crippen LogP contribution in [0, 0.1) is 11.3 Å². The molecule has 3 nitrogen and oxygen atoms in total. The molecule has 0 aliphatic heterocycles. The van der Waals surface area contributed by atoms with Gasteiger partial charge in [-0.2, -0.15) is 0 Å². The van der Waals surface area contributed by atoms with Crippen LogP contribution in [0.25, 0.3) is 0 Å². The predicted octanol–water partition coefficient (Wildman–Crippen LogP) is 2.48. The Kier molecular flexibility index (Phi) is 7.10. The second-order valence-electron chi connectivity index (χ2n) is 5.70. The van der Waals surface area contributed by atoms with Crippen molar-refractivity contribution < 1.29 is 4.79 Å². The van der Waals surface area contributed by atoms with Crippen molar-refractivity contribution in [1.82, 2.24) is 5.32 Å². The van der Waals surface area contributed by atoms with E-state index in [1.807, 2.05) is 6.92 Å². The molecule has 3 N–H and O–H groups in total. The number of hydrogen-bond acceptors (Lipinski definition) is 2. The summed E-state index contributed by atoms with van der Waals surface area (Å²) >= 11 is 0. The maximum absolute atomic E-state index is 12.3. The van der Waals surface area contributed by atoms with Crippen molar-refractivity contribution in [3.63, 3.8) is 0 Å². The van der Waals surface area contributed by atoms with Crippen LogP contribution in [0.5, 0.6) is 0 Å². The van der Waals surface area contributed by atoms with Gasteiger partial charge < -0.3 is 11.1 Å². The third kappa shape index (κ3) is 4.47. The standard InChI is InChI=1S/C13H26N2O.ClH/c1-10(2)8-13(6-4-5-7-13)12(16)15-11(3)9-14;/h10-11H,4-9,14H2,1-3H3,(H,15,16);1H/t11-;/m0./s1. The van der Waals surface area contributed by atoms with E-state index in [0.717, 1.165) is 19.3 Å². The minimum Gasteiger partial charge on any atom is -0.352 e. The van der Waals surface area contributed by atoms with Crippen LogP contribution < -0.4 is 11.1 Å². The fourth-order valence-corrected chi connectivity index (χ4v) is 2.79. The summed E-state index contributed by atoms with van der Waals surface area (Å²) < 4.78 is 0. The SMILES string of the molecule is CC(C)CC1(C(=O)N[C@@H](C)CN)CCCC1.Cl. The zero-order chi connectivity index (χ0) is 12.2. The lowest BCUT2D eigenvalue weighted by atomic mass is 9.77. The summed E-state index contributed by atoms with van der Waals surface area (Å²) in [4.78, 5) is 12.3. The smallest absolute Gasteiger partial charge is 0.226 e. The van der Waals surface area contributed by atoms with Gasteiger partial charge in [0, 0.05) is 18.0 Å². The van der Waals surface area contributed by atoms with Crippen LogP contribution in [0.4, 0.5) is 0 Å². The van der Waals surface area contributed by atoms with Gasteiger partial charge in [0.05, 0.1) is 0 Å². The van der Waals surface area contributed by atoms with Gasteiger partial charge in [0.2, 0.25) is 5.91 Å². The van der Waals surface area contributed by atoms with E-state index in [0.29, 0.717) is 12.5 Å². The molecule has 0 aromatic rings. The Morgan fingerprint density at radius 2 is 1.82 bits per heavy atom. The van der Waals surface area contributed by atoms with Crippen molar-refractivity contribution in [3.05, 3.63) is 0 Å². The number of nitrogens with two attached hydrogens (primary N) is 1. The Morgan fingerprint density at radius 3 is 2.24 bits per heavy atom. The number of amides is 1. The summed E-state index contributed by atoms with van der Waals surface area (Å²) in [5.74, 6) is 0.814. The molecule has 1 atom stereocenters. The fourth-order valence-electron chi connectivity index (χ4n) is 2.79. The summed E-state index contributed by atoms with van der Waals surface area (Å²) in [5, 5.41) is 3.05. The van der Waals surface area contributed by atoms with Gasteiger partial charge in [-0.25, -0.2) is 0 Å². The third-order valence-electron chi connectivity index (χ3n) is 3.57. The molecule has 4 heteroatoms. The molecular weight excluding hydrogens is 236 g/mol. The largest absolute Gasteiger partial charge is 0.352 e. The van der Waals surface area contributed by atoms with Crippen molar-refractivity contribution in [2.75, 3.05) is 6.54 Å². The second-order valence-corrected chi connectivity index (χ2v) is 5.70. The number of carbonyl (C=O) groups excluding carboxylic acids is 1. The highest BCUT2D eigenvalue weighted by molar-refractivity contribution is 5.85. The molecule has 1 saturated carbocycles. The van der Waals surface area contributed by atoms with E-state index in [9.17, 15) is 4.79 Å². The Labute approximate surface area is 111 Å². The number of rotatable bonds is 5. The van der Waals surface area contributed by atoms with E-state index in [1.54, 1.807) is 0 Å². The summed E-state index contributed by atoms with van der Waals surface area (Å²) in [6.45, 7) is 6.87. The minimum absolute atomic E-state index is 0. The molecule has 0 aromatic carbocycles. The first-order valence-electron chi connectivity index (χ1n) is 6.51. The first-order chi connectivity index (χ1) is 7.50. The average Bonchev–Trinajstić information content (AvgIpc) is 2.66. The molecule has 0 spiro atoms. The lowest BCUT2D eigenvalue weighted by Crippen LogP contribution is -2.46. The molecule has 17 heavy (non-hydrogen) atoms. The second kappa shape index (κ2) is 7.22. The van der Waals surface area contributed by atoms with Crippen molar-refractivity contribution >= 4 is 18.3 Å². The van der Waals surface area contributed by atoms with Crippen molar-refractivity contribution in [1.29, 1.82) is 0 Å². The lowest BCUT2D eigenvalue weighted by molar-refractivity contribution is -0.132. The first-order valence-corrected chi connectivity index (χ1v) is 6.51. The van der Waals surface area contributed by atoms with Gasteiger partial charge >= 0.3 is 0 Å². The van der Waals surface area contributed by atoms with Crippen LogP contribution in [0.2, 0.25) is 0 Å². The number of carbonyl (C=O) groups is 1. The normalized spacial score (nSPS) is 19.8. The third-order valence-corrected chi connectivity index (χ3v) is 3.57. The summed E-state index contributed by atoms with van der Waals surface area (Å²) in [7, 11) is 0. The summed E-state index contributed by atoms with van der Waals surface area (Å²) in [6.07, 6.45) is 5.49. The molecule has 1 aliphatic carbocycles. The maximum Gasteiger partial charge on any atom is 0.226 e. The summed E-state index contributed by atoms with van der Waals surface area (Å²) in [6, 6.07) is 0.0946. The average molecular weight is 263 g/mol. The maximum atomic E-state index is 12.3. The Balaban J connectivity index is 0.00000256. The van der Waals surface area contributed by atoms with Gasteiger partial charge in [0.1, 0.15) is 0 Å². The number of nitrogens with one attached hydrogen (secondary N) is 1. The fraction of sp³-hybridized carbons (Fsp3) is 0.923. The van der Waals surface area contributed by atoms with E-state index in [1.165, 1.54) is 12.8 Å². The highest BCUT2D eigenvalue weighted by Gasteiger charge is 2.41. The zero-order valence-electron chi connectivity index (χ0n) is 11.3. The molecule has 0 aromatic heterocycles. The van der Waals surface area contributed by atoms with Crippen LogP contribution >= 0.6 is 12.4 Å². The minimum atomic E-state index is -0.0996. The molecule has 0 bridgehead atoms. The molecule has 1 aliphatic rings. The molecule has 1 rings (SSSR count). The monoisotopic (exact) mass is 262 g/mol. The highest BCUT2D eigenvalue weighted by Crippen LogP contribution is 2.43. The highest BCUT2D eigenvalue weighted by atomic mass is 35.5. The van der Waals surface area contributed by atoms with Gasteiger partial charge in [-0.3, -0.25) is 4.79 Å². The molecule has 0 radical (unpaired) electrons. The quantitative estimate of drug-likeness (QED) is 0.800. The van der Waals surface area contributed by atoms with Crippen molar-refractivity contribution in [2.45, 2.75) is 58.9 Å². The van der Waals surface area contributed by atoms with E-state index in [4.69, 9.17) is 5.73 Å². The van der Waals surface area contributed by atoms with Gasteiger partial charge in [0.15, 0.2) is 0 Å².